The third kappa shape index (κ3) is 2.80. The minimum atomic E-state index is -0.247. The van der Waals surface area contributed by atoms with Gasteiger partial charge in [0.1, 0.15) is 5.65 Å². The number of imidazole rings is 1. The van der Waals surface area contributed by atoms with Gasteiger partial charge in [-0.2, -0.15) is 0 Å². The average Bonchev–Trinajstić information content (AvgIpc) is 2.76. The van der Waals surface area contributed by atoms with Gasteiger partial charge in [-0.3, -0.25) is 4.79 Å². The Labute approximate surface area is 110 Å². The van der Waals surface area contributed by atoms with Crippen molar-refractivity contribution in [3.05, 3.63) is 35.2 Å². The van der Waals surface area contributed by atoms with Crippen molar-refractivity contribution < 1.29 is 4.79 Å². The molecule has 96 valence electrons. The topological polar surface area (TPSA) is 58.4 Å². The van der Waals surface area contributed by atoms with Gasteiger partial charge in [0, 0.05) is 26.0 Å². The van der Waals surface area contributed by atoms with Gasteiger partial charge in [-0.25, -0.2) is 4.98 Å². The SMILES string of the molecule is CNC(=O)C(C)NCc1cn2cc(Cl)ccc2n1. The van der Waals surface area contributed by atoms with E-state index in [4.69, 9.17) is 11.6 Å². The van der Waals surface area contributed by atoms with E-state index in [1.165, 1.54) is 0 Å². The van der Waals surface area contributed by atoms with Crippen LogP contribution in [0.15, 0.2) is 24.5 Å². The summed E-state index contributed by atoms with van der Waals surface area (Å²) in [6.07, 6.45) is 3.69. The van der Waals surface area contributed by atoms with Crippen LogP contribution in [0.25, 0.3) is 5.65 Å². The van der Waals surface area contributed by atoms with Crippen LogP contribution in [0.2, 0.25) is 5.02 Å². The summed E-state index contributed by atoms with van der Waals surface area (Å²) in [4.78, 5) is 15.8. The fourth-order valence-corrected chi connectivity index (χ4v) is 1.84. The lowest BCUT2D eigenvalue weighted by Gasteiger charge is -2.10. The second-order valence-corrected chi connectivity index (χ2v) is 4.50. The monoisotopic (exact) mass is 266 g/mol. The number of carbonyl (C=O) groups excluding carboxylic acids is 1. The zero-order chi connectivity index (χ0) is 13.1. The van der Waals surface area contributed by atoms with Crippen LogP contribution in [0.1, 0.15) is 12.6 Å². The number of hydrogen-bond acceptors (Lipinski definition) is 3. The van der Waals surface area contributed by atoms with E-state index < -0.39 is 0 Å². The Kier molecular flexibility index (Phi) is 3.84. The van der Waals surface area contributed by atoms with Crippen molar-refractivity contribution in [3.63, 3.8) is 0 Å². The molecule has 1 amide bonds. The van der Waals surface area contributed by atoms with Crippen LogP contribution >= 0.6 is 11.6 Å². The molecule has 5 nitrogen and oxygen atoms in total. The molecule has 2 aromatic heterocycles. The highest BCUT2D eigenvalue weighted by molar-refractivity contribution is 6.30. The standard InChI is InChI=1S/C12H15ClN4O/c1-8(12(18)14-2)15-5-10-7-17-6-9(13)3-4-11(17)16-10/h3-4,6-8,15H,5H2,1-2H3,(H,14,18). The molecule has 1 unspecified atom stereocenters. The molecule has 1 atom stereocenters. The van der Waals surface area contributed by atoms with Crippen molar-refractivity contribution in [3.8, 4) is 0 Å². The number of nitrogens with one attached hydrogen (secondary N) is 2. The van der Waals surface area contributed by atoms with Gasteiger partial charge >= 0.3 is 0 Å². The molecule has 0 radical (unpaired) electrons. The van der Waals surface area contributed by atoms with Crippen LogP contribution in [0.5, 0.6) is 0 Å². The van der Waals surface area contributed by atoms with Crippen LogP contribution in [0.3, 0.4) is 0 Å². The predicted molar refractivity (Wildman–Crippen MR) is 70.6 cm³/mol. The third-order valence-electron chi connectivity index (χ3n) is 2.69. The molecule has 0 aromatic carbocycles. The van der Waals surface area contributed by atoms with Crippen LogP contribution in [-0.2, 0) is 11.3 Å². The fraction of sp³-hybridized carbons (Fsp3) is 0.333. The second kappa shape index (κ2) is 5.37. The Morgan fingerprint density at radius 2 is 2.28 bits per heavy atom. The number of fused-ring (bicyclic) bond motifs is 1. The molecule has 0 fully saturated rings. The largest absolute Gasteiger partial charge is 0.358 e. The molecule has 0 aliphatic rings. The molecule has 2 N–H and O–H groups in total. The van der Waals surface area contributed by atoms with Gasteiger partial charge in [-0.05, 0) is 19.1 Å². The summed E-state index contributed by atoms with van der Waals surface area (Å²) in [5.74, 6) is -0.0400. The van der Waals surface area contributed by atoms with Crippen LogP contribution in [0, 0.1) is 0 Å². The summed E-state index contributed by atoms with van der Waals surface area (Å²) in [7, 11) is 1.62. The summed E-state index contributed by atoms with van der Waals surface area (Å²) in [6, 6.07) is 3.41. The molecular formula is C12H15ClN4O. The normalized spacial score (nSPS) is 12.6. The van der Waals surface area contributed by atoms with Crippen LogP contribution < -0.4 is 10.6 Å². The molecular weight excluding hydrogens is 252 g/mol. The molecule has 6 heteroatoms. The first-order chi connectivity index (χ1) is 8.60. The molecule has 0 bridgehead atoms. The highest BCUT2D eigenvalue weighted by Crippen LogP contribution is 2.11. The number of aromatic nitrogens is 2. The van der Waals surface area contributed by atoms with Gasteiger partial charge < -0.3 is 15.0 Å². The Morgan fingerprint density at radius 1 is 1.50 bits per heavy atom. The smallest absolute Gasteiger partial charge is 0.236 e. The molecule has 0 aliphatic carbocycles. The highest BCUT2D eigenvalue weighted by atomic mass is 35.5. The van der Waals surface area contributed by atoms with Crippen molar-refractivity contribution in [2.45, 2.75) is 19.5 Å². The molecule has 18 heavy (non-hydrogen) atoms. The van der Waals surface area contributed by atoms with E-state index in [1.54, 1.807) is 19.3 Å². The fourth-order valence-electron chi connectivity index (χ4n) is 1.67. The Hall–Kier alpha value is -1.59. The van der Waals surface area contributed by atoms with E-state index in [2.05, 4.69) is 15.6 Å². The average molecular weight is 267 g/mol. The van der Waals surface area contributed by atoms with E-state index in [0.717, 1.165) is 11.3 Å². The summed E-state index contributed by atoms with van der Waals surface area (Å²) in [6.45, 7) is 2.35. The maximum Gasteiger partial charge on any atom is 0.236 e. The summed E-state index contributed by atoms with van der Waals surface area (Å²) < 4.78 is 1.86. The summed E-state index contributed by atoms with van der Waals surface area (Å²) >= 11 is 5.90. The molecule has 2 aromatic rings. The summed E-state index contributed by atoms with van der Waals surface area (Å²) in [5, 5.41) is 6.36. The van der Waals surface area contributed by atoms with Gasteiger partial charge in [-0.1, -0.05) is 11.6 Å². The summed E-state index contributed by atoms with van der Waals surface area (Å²) in [5.41, 5.74) is 1.71. The number of amides is 1. The van der Waals surface area contributed by atoms with E-state index in [1.807, 2.05) is 23.6 Å². The maximum absolute atomic E-state index is 11.3. The predicted octanol–water partition coefficient (Wildman–Crippen LogP) is 1.21. The van der Waals surface area contributed by atoms with Crippen molar-refractivity contribution in [2.75, 3.05) is 7.05 Å². The molecule has 2 heterocycles. The lowest BCUT2D eigenvalue weighted by Crippen LogP contribution is -2.40. The Morgan fingerprint density at radius 3 is 3.00 bits per heavy atom. The van der Waals surface area contributed by atoms with Gasteiger partial charge in [0.05, 0.1) is 16.8 Å². The van der Waals surface area contributed by atoms with Crippen LogP contribution in [0.4, 0.5) is 0 Å². The number of rotatable bonds is 4. The Bertz CT molecular complexity index is 566. The van der Waals surface area contributed by atoms with E-state index in [9.17, 15) is 4.79 Å². The van der Waals surface area contributed by atoms with Gasteiger partial charge in [-0.15, -0.1) is 0 Å². The van der Waals surface area contributed by atoms with Crippen molar-refractivity contribution >= 4 is 23.2 Å². The molecule has 2 rings (SSSR count). The van der Waals surface area contributed by atoms with E-state index in [0.29, 0.717) is 11.6 Å². The van der Waals surface area contributed by atoms with Crippen molar-refractivity contribution in [1.82, 2.24) is 20.0 Å². The maximum atomic E-state index is 11.3. The lowest BCUT2D eigenvalue weighted by molar-refractivity contribution is -0.122. The van der Waals surface area contributed by atoms with Gasteiger partial charge in [0.25, 0.3) is 0 Å². The van der Waals surface area contributed by atoms with Crippen molar-refractivity contribution in [1.29, 1.82) is 0 Å². The lowest BCUT2D eigenvalue weighted by atomic mass is 10.3. The molecule has 0 saturated carbocycles. The van der Waals surface area contributed by atoms with Crippen LogP contribution in [-0.4, -0.2) is 28.4 Å². The number of hydrogen-bond donors (Lipinski definition) is 2. The van der Waals surface area contributed by atoms with E-state index >= 15 is 0 Å². The number of likely N-dealkylation sites (N-methyl/N-ethyl adjacent to an activating group) is 1. The molecule has 0 spiro atoms. The first-order valence-electron chi connectivity index (χ1n) is 5.68. The first kappa shape index (κ1) is 12.9. The number of carbonyl (C=O) groups is 1. The third-order valence-corrected chi connectivity index (χ3v) is 2.92. The highest BCUT2D eigenvalue weighted by Gasteiger charge is 2.10. The van der Waals surface area contributed by atoms with Crippen molar-refractivity contribution in [2.24, 2.45) is 0 Å². The zero-order valence-corrected chi connectivity index (χ0v) is 11.0. The molecule has 0 saturated heterocycles. The minimum absolute atomic E-state index is 0.0400. The molecule has 0 aliphatic heterocycles. The zero-order valence-electron chi connectivity index (χ0n) is 10.3. The number of pyridine rings is 1. The number of nitrogens with zero attached hydrogens (tertiary/aromatic N) is 2. The van der Waals surface area contributed by atoms with Gasteiger partial charge in [0.15, 0.2) is 0 Å². The second-order valence-electron chi connectivity index (χ2n) is 4.06. The number of halogens is 1. The quantitative estimate of drug-likeness (QED) is 0.875. The minimum Gasteiger partial charge on any atom is -0.358 e. The Balaban J connectivity index is 2.06. The van der Waals surface area contributed by atoms with Gasteiger partial charge in [0.2, 0.25) is 5.91 Å². The van der Waals surface area contributed by atoms with E-state index in [-0.39, 0.29) is 11.9 Å². The first-order valence-corrected chi connectivity index (χ1v) is 6.06.